The molecule has 0 unspecified atom stereocenters. The van der Waals surface area contributed by atoms with E-state index in [4.69, 9.17) is 15.2 Å². The lowest BCUT2D eigenvalue weighted by atomic mass is 10.1. The molecule has 0 aliphatic heterocycles. The number of esters is 1. The summed E-state index contributed by atoms with van der Waals surface area (Å²) < 4.78 is 9.91. The first kappa shape index (κ1) is 12.2. The molecule has 0 amide bonds. The number of ether oxygens (including phenoxy) is 2. The first-order valence-electron chi connectivity index (χ1n) is 4.68. The first-order chi connectivity index (χ1) is 7.58. The quantitative estimate of drug-likeness (QED) is 0.463. The van der Waals surface area contributed by atoms with Crippen molar-refractivity contribution in [1.29, 1.82) is 0 Å². The van der Waals surface area contributed by atoms with Crippen LogP contribution in [-0.2, 0) is 4.79 Å². The van der Waals surface area contributed by atoms with Crippen molar-refractivity contribution >= 4 is 11.8 Å². The van der Waals surface area contributed by atoms with Crippen molar-refractivity contribution in [1.82, 2.24) is 0 Å². The van der Waals surface area contributed by atoms with Gasteiger partial charge in [-0.2, -0.15) is 0 Å². The van der Waals surface area contributed by atoms with Crippen LogP contribution in [0.3, 0.4) is 0 Å². The van der Waals surface area contributed by atoms with Gasteiger partial charge in [-0.05, 0) is 18.2 Å². The van der Waals surface area contributed by atoms with Gasteiger partial charge in [0, 0.05) is 12.5 Å². The molecule has 2 N–H and O–H groups in total. The highest BCUT2D eigenvalue weighted by molar-refractivity contribution is 5.98. The number of ketones is 1. The Morgan fingerprint density at radius 1 is 1.31 bits per heavy atom. The number of hydrogen-bond donors (Lipinski definition) is 1. The molecule has 86 valence electrons. The van der Waals surface area contributed by atoms with Crippen LogP contribution in [0, 0.1) is 0 Å². The average molecular weight is 223 g/mol. The molecule has 5 nitrogen and oxygen atoms in total. The van der Waals surface area contributed by atoms with Gasteiger partial charge in [0.15, 0.2) is 17.3 Å². The molecule has 0 saturated carbocycles. The van der Waals surface area contributed by atoms with Gasteiger partial charge in [0.2, 0.25) is 0 Å². The molecule has 0 aliphatic carbocycles. The molecule has 0 heterocycles. The van der Waals surface area contributed by atoms with Crippen LogP contribution in [0.1, 0.15) is 17.3 Å². The smallest absolute Gasteiger partial charge is 0.308 e. The fraction of sp³-hybridized carbons (Fsp3) is 0.273. The highest BCUT2D eigenvalue weighted by atomic mass is 16.6. The molecule has 1 aromatic carbocycles. The van der Waals surface area contributed by atoms with E-state index in [1.807, 2.05) is 0 Å². The predicted octanol–water partition coefficient (Wildman–Crippen LogP) is 0.762. The van der Waals surface area contributed by atoms with Crippen LogP contribution in [0.5, 0.6) is 11.5 Å². The van der Waals surface area contributed by atoms with Crippen LogP contribution in [0.25, 0.3) is 0 Å². The Bertz CT molecular complexity index is 414. The molecule has 0 bridgehead atoms. The topological polar surface area (TPSA) is 78.6 Å². The van der Waals surface area contributed by atoms with Crippen molar-refractivity contribution in [3.05, 3.63) is 23.8 Å². The third-order valence-electron chi connectivity index (χ3n) is 1.92. The molecule has 0 spiro atoms. The van der Waals surface area contributed by atoms with E-state index in [0.717, 1.165) is 0 Å². The maximum Gasteiger partial charge on any atom is 0.308 e. The van der Waals surface area contributed by atoms with E-state index in [-0.39, 0.29) is 18.1 Å². The second-order valence-corrected chi connectivity index (χ2v) is 3.09. The normalized spacial score (nSPS) is 9.69. The Morgan fingerprint density at radius 3 is 2.50 bits per heavy atom. The molecule has 1 aromatic rings. The number of carbonyl (C=O) groups is 2. The Hall–Kier alpha value is -1.88. The Kier molecular flexibility index (Phi) is 4.02. The molecular weight excluding hydrogens is 210 g/mol. The summed E-state index contributed by atoms with van der Waals surface area (Å²) in [6, 6.07) is 4.53. The molecule has 0 atom stereocenters. The van der Waals surface area contributed by atoms with Gasteiger partial charge in [0.1, 0.15) is 0 Å². The van der Waals surface area contributed by atoms with Crippen LogP contribution in [0.2, 0.25) is 0 Å². The average Bonchev–Trinajstić information content (AvgIpc) is 2.27. The van der Waals surface area contributed by atoms with E-state index in [1.165, 1.54) is 32.2 Å². The standard InChI is InChI=1S/C11H13NO4/c1-7(13)16-10-4-3-8(9(14)6-12)5-11(10)15-2/h3-5H,6,12H2,1-2H3. The lowest BCUT2D eigenvalue weighted by molar-refractivity contribution is -0.132. The maximum atomic E-state index is 11.3. The van der Waals surface area contributed by atoms with E-state index in [1.54, 1.807) is 0 Å². The molecule has 1 rings (SSSR count). The van der Waals surface area contributed by atoms with Gasteiger partial charge in [0.25, 0.3) is 0 Å². The van der Waals surface area contributed by atoms with Crippen molar-refractivity contribution in [3.63, 3.8) is 0 Å². The summed E-state index contributed by atoms with van der Waals surface area (Å²) in [5.74, 6) is -0.0399. The number of carbonyl (C=O) groups excluding carboxylic acids is 2. The summed E-state index contributed by atoms with van der Waals surface area (Å²) in [6.07, 6.45) is 0. The third kappa shape index (κ3) is 2.80. The largest absolute Gasteiger partial charge is 0.493 e. The van der Waals surface area contributed by atoms with Crippen LogP contribution in [-0.4, -0.2) is 25.4 Å². The number of Topliss-reactive ketones (excluding diaryl/α,β-unsaturated/α-hetero) is 1. The zero-order valence-electron chi connectivity index (χ0n) is 9.15. The van der Waals surface area contributed by atoms with Gasteiger partial charge < -0.3 is 15.2 Å². The molecule has 5 heteroatoms. The monoisotopic (exact) mass is 223 g/mol. The van der Waals surface area contributed by atoms with Crippen LogP contribution in [0.15, 0.2) is 18.2 Å². The van der Waals surface area contributed by atoms with Crippen LogP contribution < -0.4 is 15.2 Å². The molecular formula is C11H13NO4. The second kappa shape index (κ2) is 5.27. The minimum Gasteiger partial charge on any atom is -0.493 e. The zero-order chi connectivity index (χ0) is 12.1. The Labute approximate surface area is 93.1 Å². The van der Waals surface area contributed by atoms with Crippen LogP contribution >= 0.6 is 0 Å². The number of rotatable bonds is 4. The minimum atomic E-state index is -0.448. The molecule has 0 saturated heterocycles. The molecule has 0 fully saturated rings. The van der Waals surface area contributed by atoms with Gasteiger partial charge in [-0.3, -0.25) is 9.59 Å². The third-order valence-corrected chi connectivity index (χ3v) is 1.92. The van der Waals surface area contributed by atoms with Crippen molar-refractivity contribution in [3.8, 4) is 11.5 Å². The van der Waals surface area contributed by atoms with E-state index in [2.05, 4.69) is 0 Å². The molecule has 0 radical (unpaired) electrons. The fourth-order valence-electron chi connectivity index (χ4n) is 1.20. The van der Waals surface area contributed by atoms with Crippen LogP contribution in [0.4, 0.5) is 0 Å². The molecule has 0 aliphatic rings. The predicted molar refractivity (Wildman–Crippen MR) is 57.7 cm³/mol. The Balaban J connectivity index is 3.06. The van der Waals surface area contributed by atoms with Gasteiger partial charge in [-0.15, -0.1) is 0 Å². The minimum absolute atomic E-state index is 0.0733. The van der Waals surface area contributed by atoms with Gasteiger partial charge >= 0.3 is 5.97 Å². The van der Waals surface area contributed by atoms with Gasteiger partial charge in [0.05, 0.1) is 13.7 Å². The number of hydrogen-bond acceptors (Lipinski definition) is 5. The Morgan fingerprint density at radius 2 is 2.00 bits per heavy atom. The van der Waals surface area contributed by atoms with E-state index in [0.29, 0.717) is 11.3 Å². The van der Waals surface area contributed by atoms with E-state index >= 15 is 0 Å². The zero-order valence-corrected chi connectivity index (χ0v) is 9.15. The number of benzene rings is 1. The summed E-state index contributed by atoms with van der Waals surface area (Å²) in [4.78, 5) is 22.1. The maximum absolute atomic E-state index is 11.3. The number of nitrogens with two attached hydrogens (primary N) is 1. The number of methoxy groups -OCH3 is 1. The summed E-state index contributed by atoms with van der Waals surface area (Å²) in [5, 5.41) is 0. The highest BCUT2D eigenvalue weighted by Gasteiger charge is 2.11. The van der Waals surface area contributed by atoms with E-state index < -0.39 is 5.97 Å². The fourth-order valence-corrected chi connectivity index (χ4v) is 1.20. The summed E-state index contributed by atoms with van der Waals surface area (Å²) in [5.41, 5.74) is 5.66. The van der Waals surface area contributed by atoms with Crippen molar-refractivity contribution < 1.29 is 19.1 Å². The van der Waals surface area contributed by atoms with Gasteiger partial charge in [-0.1, -0.05) is 0 Å². The summed E-state index contributed by atoms with van der Waals surface area (Å²) in [6.45, 7) is 1.22. The second-order valence-electron chi connectivity index (χ2n) is 3.09. The summed E-state index contributed by atoms with van der Waals surface area (Å²) >= 11 is 0. The molecule has 16 heavy (non-hydrogen) atoms. The first-order valence-corrected chi connectivity index (χ1v) is 4.68. The van der Waals surface area contributed by atoms with E-state index in [9.17, 15) is 9.59 Å². The lowest BCUT2D eigenvalue weighted by Crippen LogP contribution is -2.13. The van der Waals surface area contributed by atoms with Crippen molar-refractivity contribution in [2.75, 3.05) is 13.7 Å². The SMILES string of the molecule is COc1cc(C(=O)CN)ccc1OC(C)=O. The van der Waals surface area contributed by atoms with Crippen molar-refractivity contribution in [2.45, 2.75) is 6.92 Å². The highest BCUT2D eigenvalue weighted by Crippen LogP contribution is 2.28. The van der Waals surface area contributed by atoms with Gasteiger partial charge in [-0.25, -0.2) is 0 Å². The lowest BCUT2D eigenvalue weighted by Gasteiger charge is -2.08. The summed E-state index contributed by atoms with van der Waals surface area (Å²) in [7, 11) is 1.43. The molecule has 0 aromatic heterocycles. The van der Waals surface area contributed by atoms with Crippen molar-refractivity contribution in [2.24, 2.45) is 5.73 Å².